The summed E-state index contributed by atoms with van der Waals surface area (Å²) in [6.07, 6.45) is 1.57. The molecule has 0 aliphatic rings. The Morgan fingerprint density at radius 1 is 1.32 bits per heavy atom. The number of hydrogen-bond donors (Lipinski definition) is 0. The molecule has 134 valence electrons. The molecule has 1 atom stereocenters. The highest BCUT2D eigenvalue weighted by atomic mass is 35.5. The Bertz CT molecular complexity index is 707. The Morgan fingerprint density at radius 2 is 2.04 bits per heavy atom. The molecule has 0 spiro atoms. The smallest absolute Gasteiger partial charge is 0.233 e. The van der Waals surface area contributed by atoms with Crippen molar-refractivity contribution in [1.82, 2.24) is 9.88 Å². The third-order valence-corrected chi connectivity index (χ3v) is 3.81. The Balaban J connectivity index is 1.99. The van der Waals surface area contributed by atoms with Gasteiger partial charge >= 0.3 is 0 Å². The standard InChI is InChI=1S/C19H24ClN3O2/c1-5-23(4)13-21-18-11-17(20)19(22-15(18)3)25-14(2)12-24-16-9-7-6-8-10-16/h6-11,13-14H,5,12H2,1-4H3. The van der Waals surface area contributed by atoms with Crippen molar-refractivity contribution < 1.29 is 9.47 Å². The van der Waals surface area contributed by atoms with E-state index in [9.17, 15) is 0 Å². The van der Waals surface area contributed by atoms with Crippen LogP contribution in [0.5, 0.6) is 11.6 Å². The van der Waals surface area contributed by atoms with Crippen molar-refractivity contribution >= 4 is 23.6 Å². The van der Waals surface area contributed by atoms with Gasteiger partial charge in [-0.3, -0.25) is 0 Å². The molecule has 25 heavy (non-hydrogen) atoms. The molecule has 5 nitrogen and oxygen atoms in total. The van der Waals surface area contributed by atoms with Crippen molar-refractivity contribution in [3.8, 4) is 11.6 Å². The van der Waals surface area contributed by atoms with E-state index in [1.54, 1.807) is 12.4 Å². The molecule has 0 aliphatic heterocycles. The molecule has 1 heterocycles. The number of hydrogen-bond acceptors (Lipinski definition) is 4. The molecule has 1 aromatic heterocycles. The second kappa shape index (κ2) is 9.28. The van der Waals surface area contributed by atoms with E-state index in [4.69, 9.17) is 21.1 Å². The lowest BCUT2D eigenvalue weighted by Crippen LogP contribution is -2.21. The van der Waals surface area contributed by atoms with Gasteiger partial charge in [-0.05, 0) is 39.0 Å². The summed E-state index contributed by atoms with van der Waals surface area (Å²) in [5, 5.41) is 0.434. The number of benzene rings is 1. The Labute approximate surface area is 154 Å². The van der Waals surface area contributed by atoms with Gasteiger partial charge in [0.25, 0.3) is 0 Å². The van der Waals surface area contributed by atoms with Gasteiger partial charge in [-0.2, -0.15) is 0 Å². The second-order valence-electron chi connectivity index (χ2n) is 5.75. The number of pyridine rings is 1. The number of aryl methyl sites for hydroxylation is 1. The highest BCUT2D eigenvalue weighted by molar-refractivity contribution is 6.32. The fraction of sp³-hybridized carbons (Fsp3) is 0.368. The van der Waals surface area contributed by atoms with E-state index in [-0.39, 0.29) is 6.10 Å². The van der Waals surface area contributed by atoms with Crippen molar-refractivity contribution in [1.29, 1.82) is 0 Å². The van der Waals surface area contributed by atoms with Gasteiger partial charge in [0.1, 0.15) is 23.5 Å². The molecule has 0 fully saturated rings. The van der Waals surface area contributed by atoms with E-state index in [0.717, 1.165) is 23.7 Å². The van der Waals surface area contributed by atoms with E-state index in [0.29, 0.717) is 17.5 Å². The maximum absolute atomic E-state index is 6.30. The van der Waals surface area contributed by atoms with Crippen LogP contribution in [0.2, 0.25) is 5.02 Å². The summed E-state index contributed by atoms with van der Waals surface area (Å²) in [6.45, 7) is 7.14. The van der Waals surface area contributed by atoms with Crippen molar-refractivity contribution in [3.05, 3.63) is 47.1 Å². The maximum atomic E-state index is 6.30. The second-order valence-corrected chi connectivity index (χ2v) is 6.16. The maximum Gasteiger partial charge on any atom is 0.233 e. The minimum Gasteiger partial charge on any atom is -0.490 e. The quantitative estimate of drug-likeness (QED) is 0.513. The van der Waals surface area contributed by atoms with Crippen LogP contribution >= 0.6 is 11.6 Å². The molecule has 1 aromatic carbocycles. The van der Waals surface area contributed by atoms with Crippen LogP contribution in [0.25, 0.3) is 0 Å². The van der Waals surface area contributed by atoms with Crippen LogP contribution in [-0.2, 0) is 0 Å². The molecular formula is C19H24ClN3O2. The number of rotatable bonds is 8. The van der Waals surface area contributed by atoms with Crippen LogP contribution in [-0.4, -0.2) is 42.5 Å². The normalized spacial score (nSPS) is 12.2. The zero-order valence-corrected chi connectivity index (χ0v) is 15.8. The fourth-order valence-corrected chi connectivity index (χ4v) is 2.15. The number of para-hydroxylation sites is 1. The SMILES string of the molecule is CCN(C)C=Nc1cc(Cl)c(OC(C)COc2ccccc2)nc1C. The molecule has 0 radical (unpaired) electrons. The van der Waals surface area contributed by atoms with Crippen molar-refractivity contribution in [2.75, 3.05) is 20.2 Å². The summed E-state index contributed by atoms with van der Waals surface area (Å²) >= 11 is 6.30. The summed E-state index contributed by atoms with van der Waals surface area (Å²) in [7, 11) is 1.96. The molecule has 2 rings (SSSR count). The van der Waals surface area contributed by atoms with Gasteiger partial charge in [-0.25, -0.2) is 9.98 Å². The molecular weight excluding hydrogens is 338 g/mol. The number of halogens is 1. The van der Waals surface area contributed by atoms with Crippen LogP contribution in [0.1, 0.15) is 19.5 Å². The van der Waals surface area contributed by atoms with Crippen LogP contribution in [0.4, 0.5) is 5.69 Å². The summed E-state index contributed by atoms with van der Waals surface area (Å²) in [5.74, 6) is 1.20. The lowest BCUT2D eigenvalue weighted by atomic mass is 10.3. The minimum absolute atomic E-state index is 0.190. The monoisotopic (exact) mass is 361 g/mol. The van der Waals surface area contributed by atoms with Gasteiger partial charge in [-0.15, -0.1) is 0 Å². The van der Waals surface area contributed by atoms with Gasteiger partial charge < -0.3 is 14.4 Å². The Hall–Kier alpha value is -2.27. The van der Waals surface area contributed by atoms with E-state index in [1.807, 2.05) is 56.1 Å². The molecule has 0 bridgehead atoms. The molecule has 0 aliphatic carbocycles. The van der Waals surface area contributed by atoms with Gasteiger partial charge in [0, 0.05) is 13.6 Å². The van der Waals surface area contributed by atoms with Crippen molar-refractivity contribution in [2.24, 2.45) is 4.99 Å². The zero-order chi connectivity index (χ0) is 18.2. The first-order valence-corrected chi connectivity index (χ1v) is 8.63. The lowest BCUT2D eigenvalue weighted by molar-refractivity contribution is 0.138. The first kappa shape index (κ1) is 19.1. The molecule has 6 heteroatoms. The summed E-state index contributed by atoms with van der Waals surface area (Å²) < 4.78 is 11.5. The molecule has 2 aromatic rings. The third-order valence-electron chi connectivity index (χ3n) is 3.54. The summed E-state index contributed by atoms with van der Waals surface area (Å²) in [4.78, 5) is 10.8. The Morgan fingerprint density at radius 3 is 2.72 bits per heavy atom. The molecule has 1 unspecified atom stereocenters. The molecule has 0 saturated heterocycles. The van der Waals surface area contributed by atoms with Gasteiger partial charge in [0.05, 0.1) is 17.7 Å². The third kappa shape index (κ3) is 5.94. The Kier molecular flexibility index (Phi) is 7.07. The first-order chi connectivity index (χ1) is 12.0. The number of aromatic nitrogens is 1. The zero-order valence-electron chi connectivity index (χ0n) is 15.1. The minimum atomic E-state index is -0.190. The number of aliphatic imine (C=N–C) groups is 1. The van der Waals surface area contributed by atoms with E-state index in [2.05, 4.69) is 16.9 Å². The highest BCUT2D eigenvalue weighted by Gasteiger charge is 2.13. The summed E-state index contributed by atoms with van der Waals surface area (Å²) in [6, 6.07) is 11.4. The van der Waals surface area contributed by atoms with Crippen molar-refractivity contribution in [3.63, 3.8) is 0 Å². The van der Waals surface area contributed by atoms with E-state index < -0.39 is 0 Å². The fourth-order valence-electron chi connectivity index (χ4n) is 1.96. The lowest BCUT2D eigenvalue weighted by Gasteiger charge is -2.16. The average Bonchev–Trinajstić information content (AvgIpc) is 2.62. The highest BCUT2D eigenvalue weighted by Crippen LogP contribution is 2.29. The van der Waals surface area contributed by atoms with Gasteiger partial charge in [0.2, 0.25) is 5.88 Å². The first-order valence-electron chi connectivity index (χ1n) is 8.25. The van der Waals surface area contributed by atoms with E-state index in [1.165, 1.54) is 0 Å². The summed E-state index contributed by atoms with van der Waals surface area (Å²) in [5.41, 5.74) is 1.49. The van der Waals surface area contributed by atoms with Crippen LogP contribution in [0.15, 0.2) is 41.4 Å². The van der Waals surface area contributed by atoms with Gasteiger partial charge in [0.15, 0.2) is 0 Å². The largest absolute Gasteiger partial charge is 0.490 e. The van der Waals surface area contributed by atoms with Crippen LogP contribution < -0.4 is 9.47 Å². The topological polar surface area (TPSA) is 47.0 Å². The average molecular weight is 362 g/mol. The van der Waals surface area contributed by atoms with Crippen LogP contribution in [0, 0.1) is 6.92 Å². The predicted molar refractivity (Wildman–Crippen MR) is 102 cm³/mol. The number of nitrogens with zero attached hydrogens (tertiary/aromatic N) is 3. The van der Waals surface area contributed by atoms with E-state index >= 15 is 0 Å². The van der Waals surface area contributed by atoms with Crippen molar-refractivity contribution in [2.45, 2.75) is 26.9 Å². The molecule has 0 amide bonds. The molecule has 0 saturated carbocycles. The number of ether oxygens (including phenoxy) is 2. The predicted octanol–water partition coefficient (Wildman–Crippen LogP) is 4.50. The molecule has 0 N–H and O–H groups in total. The van der Waals surface area contributed by atoms with Gasteiger partial charge in [-0.1, -0.05) is 29.8 Å². The van der Waals surface area contributed by atoms with Crippen LogP contribution in [0.3, 0.4) is 0 Å².